The van der Waals surface area contributed by atoms with Crippen molar-refractivity contribution in [1.29, 1.82) is 0 Å². The fourth-order valence-electron chi connectivity index (χ4n) is 1.32. The number of hydrogen-bond acceptors (Lipinski definition) is 4. The van der Waals surface area contributed by atoms with Gasteiger partial charge in [0.05, 0.1) is 5.75 Å². The normalized spacial score (nSPS) is 10.8. The highest BCUT2D eigenvalue weighted by Gasteiger charge is 2.05. The van der Waals surface area contributed by atoms with E-state index in [0.29, 0.717) is 5.92 Å². The number of hydrogen-bond donors (Lipinski definition) is 2. The minimum Gasteiger partial charge on any atom is -0.369 e. The SMILES string of the molecule is CC(C)CNCc1cccnc1SCC(N)=O. The summed E-state index contributed by atoms with van der Waals surface area (Å²) in [4.78, 5) is 15.0. The van der Waals surface area contributed by atoms with Gasteiger partial charge in [0, 0.05) is 12.7 Å². The van der Waals surface area contributed by atoms with Gasteiger partial charge in [0.15, 0.2) is 0 Å². The topological polar surface area (TPSA) is 68.0 Å². The van der Waals surface area contributed by atoms with Gasteiger partial charge in [0.2, 0.25) is 5.91 Å². The standard InChI is InChI=1S/C12H19N3OS/c1-9(2)6-14-7-10-4-3-5-15-12(10)17-8-11(13)16/h3-5,9,14H,6-8H2,1-2H3,(H2,13,16). The fourth-order valence-corrected chi connectivity index (χ4v) is 2.06. The van der Waals surface area contributed by atoms with Gasteiger partial charge < -0.3 is 11.1 Å². The first-order valence-corrected chi connectivity index (χ1v) is 6.64. The van der Waals surface area contributed by atoms with Crippen molar-refractivity contribution in [1.82, 2.24) is 10.3 Å². The molecule has 0 unspecified atom stereocenters. The Labute approximate surface area is 106 Å². The van der Waals surface area contributed by atoms with Crippen LogP contribution in [0.1, 0.15) is 19.4 Å². The van der Waals surface area contributed by atoms with Crippen LogP contribution in [-0.4, -0.2) is 23.2 Å². The molecule has 0 radical (unpaired) electrons. The van der Waals surface area contributed by atoms with E-state index in [1.807, 2.05) is 12.1 Å². The monoisotopic (exact) mass is 253 g/mol. The Morgan fingerprint density at radius 3 is 3.00 bits per heavy atom. The number of nitrogens with one attached hydrogen (secondary N) is 1. The Bertz CT molecular complexity index is 369. The second kappa shape index (κ2) is 7.29. The summed E-state index contributed by atoms with van der Waals surface area (Å²) >= 11 is 1.39. The summed E-state index contributed by atoms with van der Waals surface area (Å²) in [5.41, 5.74) is 6.24. The first kappa shape index (κ1) is 14.0. The number of carbonyl (C=O) groups is 1. The number of pyridine rings is 1. The molecule has 0 bridgehead atoms. The number of rotatable bonds is 7. The summed E-state index contributed by atoms with van der Waals surface area (Å²) in [6.07, 6.45) is 1.73. The van der Waals surface area contributed by atoms with E-state index < -0.39 is 0 Å². The van der Waals surface area contributed by atoms with E-state index in [1.165, 1.54) is 11.8 Å². The lowest BCUT2D eigenvalue weighted by Crippen LogP contribution is -2.19. The van der Waals surface area contributed by atoms with Gasteiger partial charge in [-0.1, -0.05) is 31.7 Å². The summed E-state index contributed by atoms with van der Waals surface area (Å²) in [5.74, 6) is 0.573. The molecule has 0 aromatic carbocycles. The van der Waals surface area contributed by atoms with Crippen molar-refractivity contribution in [2.45, 2.75) is 25.4 Å². The largest absolute Gasteiger partial charge is 0.369 e. The molecule has 0 spiro atoms. The van der Waals surface area contributed by atoms with Crippen molar-refractivity contribution >= 4 is 17.7 Å². The molecule has 0 atom stereocenters. The predicted octanol–water partition coefficient (Wildman–Crippen LogP) is 1.40. The lowest BCUT2D eigenvalue weighted by molar-refractivity contribution is -0.115. The third kappa shape index (κ3) is 5.70. The van der Waals surface area contributed by atoms with E-state index in [4.69, 9.17) is 5.73 Å². The van der Waals surface area contributed by atoms with Crippen LogP contribution in [0.4, 0.5) is 0 Å². The van der Waals surface area contributed by atoms with Gasteiger partial charge in [-0.05, 0) is 24.1 Å². The number of thioether (sulfide) groups is 1. The van der Waals surface area contributed by atoms with Gasteiger partial charge in [-0.25, -0.2) is 4.98 Å². The molecular formula is C12H19N3OS. The number of primary amides is 1. The van der Waals surface area contributed by atoms with E-state index in [2.05, 4.69) is 24.1 Å². The van der Waals surface area contributed by atoms with E-state index >= 15 is 0 Å². The third-order valence-corrected chi connectivity index (χ3v) is 3.14. The molecule has 1 amide bonds. The van der Waals surface area contributed by atoms with Crippen LogP contribution in [0.3, 0.4) is 0 Å². The highest BCUT2D eigenvalue weighted by Crippen LogP contribution is 2.19. The van der Waals surface area contributed by atoms with Crippen molar-refractivity contribution in [3.8, 4) is 0 Å². The van der Waals surface area contributed by atoms with Crippen molar-refractivity contribution in [3.63, 3.8) is 0 Å². The summed E-state index contributed by atoms with van der Waals surface area (Å²) in [6, 6.07) is 3.92. The van der Waals surface area contributed by atoms with E-state index in [9.17, 15) is 4.79 Å². The molecule has 0 aliphatic rings. The zero-order valence-corrected chi connectivity index (χ0v) is 11.1. The van der Waals surface area contributed by atoms with Crippen LogP contribution in [0.25, 0.3) is 0 Å². The molecule has 94 valence electrons. The van der Waals surface area contributed by atoms with Crippen LogP contribution in [0.15, 0.2) is 23.4 Å². The zero-order valence-electron chi connectivity index (χ0n) is 10.3. The fraction of sp³-hybridized carbons (Fsp3) is 0.500. The van der Waals surface area contributed by atoms with E-state index in [-0.39, 0.29) is 11.7 Å². The molecule has 5 heteroatoms. The Hall–Kier alpha value is -1.07. The maximum absolute atomic E-state index is 10.7. The molecule has 4 nitrogen and oxygen atoms in total. The minimum absolute atomic E-state index is 0.272. The maximum Gasteiger partial charge on any atom is 0.227 e. The van der Waals surface area contributed by atoms with Crippen LogP contribution in [0.5, 0.6) is 0 Å². The quantitative estimate of drug-likeness (QED) is 0.721. The Balaban J connectivity index is 2.54. The van der Waals surface area contributed by atoms with Crippen molar-refractivity contribution in [2.24, 2.45) is 11.7 Å². The second-order valence-corrected chi connectivity index (χ2v) is 5.21. The highest BCUT2D eigenvalue weighted by atomic mass is 32.2. The average Bonchev–Trinajstić information content (AvgIpc) is 2.27. The predicted molar refractivity (Wildman–Crippen MR) is 70.7 cm³/mol. The molecule has 1 aromatic rings. The molecule has 0 aliphatic carbocycles. The molecule has 1 heterocycles. The molecule has 0 aliphatic heterocycles. The smallest absolute Gasteiger partial charge is 0.227 e. The second-order valence-electron chi connectivity index (χ2n) is 4.25. The summed E-state index contributed by atoms with van der Waals surface area (Å²) < 4.78 is 0. The Kier molecular flexibility index (Phi) is 6.00. The van der Waals surface area contributed by atoms with Crippen LogP contribution < -0.4 is 11.1 Å². The summed E-state index contributed by atoms with van der Waals surface area (Å²) in [5, 5.41) is 4.24. The molecule has 0 saturated heterocycles. The van der Waals surface area contributed by atoms with Crippen LogP contribution in [0, 0.1) is 5.92 Å². The number of aromatic nitrogens is 1. The van der Waals surface area contributed by atoms with Gasteiger partial charge in [-0.2, -0.15) is 0 Å². The maximum atomic E-state index is 10.7. The van der Waals surface area contributed by atoms with E-state index in [0.717, 1.165) is 23.7 Å². The number of nitrogens with two attached hydrogens (primary N) is 1. The van der Waals surface area contributed by atoms with Crippen LogP contribution in [-0.2, 0) is 11.3 Å². The van der Waals surface area contributed by atoms with Crippen LogP contribution >= 0.6 is 11.8 Å². The minimum atomic E-state index is -0.318. The summed E-state index contributed by atoms with van der Waals surface area (Å²) in [7, 11) is 0. The van der Waals surface area contributed by atoms with Gasteiger partial charge in [0.1, 0.15) is 5.03 Å². The molecule has 1 aromatic heterocycles. The third-order valence-electron chi connectivity index (χ3n) is 2.07. The molecule has 0 fully saturated rings. The molecule has 3 N–H and O–H groups in total. The average molecular weight is 253 g/mol. The van der Waals surface area contributed by atoms with Crippen molar-refractivity contribution < 1.29 is 4.79 Å². The van der Waals surface area contributed by atoms with E-state index in [1.54, 1.807) is 6.20 Å². The molecule has 1 rings (SSSR count). The van der Waals surface area contributed by atoms with Crippen LogP contribution in [0.2, 0.25) is 0 Å². The molecule has 0 saturated carbocycles. The van der Waals surface area contributed by atoms with Gasteiger partial charge in [-0.15, -0.1) is 0 Å². The highest BCUT2D eigenvalue weighted by molar-refractivity contribution is 7.99. The number of carbonyl (C=O) groups excluding carboxylic acids is 1. The Morgan fingerprint density at radius 2 is 2.35 bits per heavy atom. The Morgan fingerprint density at radius 1 is 1.59 bits per heavy atom. The molecular weight excluding hydrogens is 234 g/mol. The number of amides is 1. The molecule has 17 heavy (non-hydrogen) atoms. The first-order chi connectivity index (χ1) is 8.09. The lowest BCUT2D eigenvalue weighted by atomic mass is 10.2. The summed E-state index contributed by atoms with van der Waals surface area (Å²) in [6.45, 7) is 6.07. The zero-order chi connectivity index (χ0) is 12.7. The lowest BCUT2D eigenvalue weighted by Gasteiger charge is -2.10. The first-order valence-electron chi connectivity index (χ1n) is 5.65. The van der Waals surface area contributed by atoms with Crippen molar-refractivity contribution in [2.75, 3.05) is 12.3 Å². The van der Waals surface area contributed by atoms with Gasteiger partial charge in [0.25, 0.3) is 0 Å². The van der Waals surface area contributed by atoms with Gasteiger partial charge >= 0.3 is 0 Å². The van der Waals surface area contributed by atoms with Crippen molar-refractivity contribution in [3.05, 3.63) is 23.9 Å². The van der Waals surface area contributed by atoms with Gasteiger partial charge in [-0.3, -0.25) is 4.79 Å². The number of nitrogens with zero attached hydrogens (tertiary/aromatic N) is 1.